The average molecular weight is 309 g/mol. The van der Waals surface area contributed by atoms with Gasteiger partial charge in [0.05, 0.1) is 5.69 Å². The molecule has 0 aliphatic heterocycles. The van der Waals surface area contributed by atoms with Gasteiger partial charge in [-0.15, -0.1) is 10.2 Å². The minimum atomic E-state index is 0.500. The van der Waals surface area contributed by atoms with E-state index in [0.29, 0.717) is 16.9 Å². The summed E-state index contributed by atoms with van der Waals surface area (Å²) >= 11 is 1.47. The van der Waals surface area contributed by atoms with Crippen LogP contribution in [0.15, 0.2) is 64.8 Å². The summed E-state index contributed by atoms with van der Waals surface area (Å²) in [5.74, 6) is 1.18. The van der Waals surface area contributed by atoms with Crippen molar-refractivity contribution in [1.82, 2.24) is 24.6 Å². The first kappa shape index (κ1) is 13.0. The van der Waals surface area contributed by atoms with E-state index >= 15 is 0 Å². The Labute approximate surface area is 130 Å². The Bertz CT molecular complexity index is 869. The van der Waals surface area contributed by atoms with E-state index in [1.54, 1.807) is 12.4 Å². The quantitative estimate of drug-likeness (QED) is 0.540. The molecule has 6 nitrogen and oxygen atoms in total. The number of pyridine rings is 2. The zero-order chi connectivity index (χ0) is 14.8. The molecule has 4 aromatic heterocycles. The van der Waals surface area contributed by atoms with Crippen molar-refractivity contribution >= 4 is 17.4 Å². The molecule has 0 N–H and O–H groups in total. The van der Waals surface area contributed by atoms with Gasteiger partial charge in [0.2, 0.25) is 5.89 Å². The maximum Gasteiger partial charge on any atom is 0.277 e. The van der Waals surface area contributed by atoms with Crippen LogP contribution >= 0.6 is 11.8 Å². The van der Waals surface area contributed by atoms with Crippen LogP contribution in [0.3, 0.4) is 0 Å². The van der Waals surface area contributed by atoms with Crippen molar-refractivity contribution < 1.29 is 4.42 Å². The third-order valence-corrected chi connectivity index (χ3v) is 3.94. The van der Waals surface area contributed by atoms with Crippen molar-refractivity contribution in [3.8, 4) is 11.5 Å². The Morgan fingerprint density at radius 1 is 1.09 bits per heavy atom. The van der Waals surface area contributed by atoms with Gasteiger partial charge in [-0.1, -0.05) is 17.8 Å². The molecule has 0 aliphatic rings. The second-order valence-corrected chi connectivity index (χ2v) is 5.52. The van der Waals surface area contributed by atoms with Gasteiger partial charge in [-0.25, -0.2) is 4.98 Å². The highest BCUT2D eigenvalue weighted by atomic mass is 32.2. The van der Waals surface area contributed by atoms with E-state index < -0.39 is 0 Å². The van der Waals surface area contributed by atoms with Gasteiger partial charge in [0, 0.05) is 36.1 Å². The Hall–Kier alpha value is -2.67. The number of aromatic nitrogens is 5. The molecule has 22 heavy (non-hydrogen) atoms. The van der Waals surface area contributed by atoms with Crippen molar-refractivity contribution in [2.24, 2.45) is 0 Å². The molecule has 0 fully saturated rings. The number of nitrogens with zero attached hydrogens (tertiary/aromatic N) is 5. The van der Waals surface area contributed by atoms with Gasteiger partial charge in [-0.3, -0.25) is 4.98 Å². The van der Waals surface area contributed by atoms with Gasteiger partial charge in [-0.05, 0) is 24.3 Å². The minimum absolute atomic E-state index is 0.500. The summed E-state index contributed by atoms with van der Waals surface area (Å²) in [5, 5.41) is 8.63. The molecule has 0 bridgehead atoms. The van der Waals surface area contributed by atoms with Crippen LogP contribution in [0.4, 0.5) is 0 Å². The van der Waals surface area contributed by atoms with Crippen LogP contribution in [0.2, 0.25) is 0 Å². The molecule has 7 heteroatoms. The number of imidazole rings is 1. The van der Waals surface area contributed by atoms with Crippen LogP contribution in [-0.2, 0) is 5.75 Å². The predicted molar refractivity (Wildman–Crippen MR) is 82.3 cm³/mol. The second-order valence-electron chi connectivity index (χ2n) is 4.60. The van der Waals surface area contributed by atoms with Crippen LogP contribution in [0, 0.1) is 0 Å². The lowest BCUT2D eigenvalue weighted by Gasteiger charge is -1.92. The lowest BCUT2D eigenvalue weighted by molar-refractivity contribution is 0.465. The Kier molecular flexibility index (Phi) is 3.32. The van der Waals surface area contributed by atoms with Crippen LogP contribution in [0.25, 0.3) is 17.1 Å². The molecule has 0 aromatic carbocycles. The first-order chi connectivity index (χ1) is 10.9. The monoisotopic (exact) mass is 309 g/mol. The summed E-state index contributed by atoms with van der Waals surface area (Å²) in [6.07, 6.45) is 7.37. The number of fused-ring (bicyclic) bond motifs is 1. The smallest absolute Gasteiger partial charge is 0.277 e. The highest BCUT2D eigenvalue weighted by Crippen LogP contribution is 2.25. The molecule has 0 radical (unpaired) electrons. The average Bonchev–Trinajstić information content (AvgIpc) is 3.20. The summed E-state index contributed by atoms with van der Waals surface area (Å²) in [6, 6.07) is 9.60. The fourth-order valence-corrected chi connectivity index (χ4v) is 2.72. The van der Waals surface area contributed by atoms with Crippen molar-refractivity contribution in [2.75, 3.05) is 0 Å². The first-order valence-corrected chi connectivity index (χ1v) is 7.66. The van der Waals surface area contributed by atoms with E-state index in [9.17, 15) is 0 Å². The summed E-state index contributed by atoms with van der Waals surface area (Å²) in [5.41, 5.74) is 2.77. The zero-order valence-electron chi connectivity index (χ0n) is 11.5. The first-order valence-electron chi connectivity index (χ1n) is 6.68. The molecule has 4 rings (SSSR count). The van der Waals surface area contributed by atoms with Gasteiger partial charge in [0.1, 0.15) is 5.65 Å². The summed E-state index contributed by atoms with van der Waals surface area (Å²) < 4.78 is 7.64. The predicted octanol–water partition coefficient (Wildman–Crippen LogP) is 3.07. The van der Waals surface area contributed by atoms with E-state index in [0.717, 1.165) is 16.9 Å². The van der Waals surface area contributed by atoms with Gasteiger partial charge in [-0.2, -0.15) is 0 Å². The molecule has 0 amide bonds. The van der Waals surface area contributed by atoms with E-state index in [1.807, 2.05) is 47.1 Å². The zero-order valence-corrected chi connectivity index (χ0v) is 12.3. The van der Waals surface area contributed by atoms with Crippen LogP contribution in [0.1, 0.15) is 5.69 Å². The Morgan fingerprint density at radius 2 is 2.00 bits per heavy atom. The topological polar surface area (TPSA) is 69.1 Å². The Morgan fingerprint density at radius 3 is 2.86 bits per heavy atom. The molecule has 4 aromatic rings. The van der Waals surface area contributed by atoms with E-state index in [4.69, 9.17) is 4.42 Å². The second kappa shape index (κ2) is 5.61. The molecule has 0 spiro atoms. The van der Waals surface area contributed by atoms with Gasteiger partial charge in [0.15, 0.2) is 0 Å². The third kappa shape index (κ3) is 2.58. The molecule has 4 heterocycles. The van der Waals surface area contributed by atoms with Gasteiger partial charge in [0.25, 0.3) is 5.22 Å². The number of hydrogen-bond donors (Lipinski definition) is 0. The fourth-order valence-electron chi connectivity index (χ4n) is 2.07. The van der Waals surface area contributed by atoms with Crippen molar-refractivity contribution in [3.05, 3.63) is 60.8 Å². The molecule has 108 valence electrons. The lowest BCUT2D eigenvalue weighted by Crippen LogP contribution is -1.79. The molecule has 0 unspecified atom stereocenters. The third-order valence-electron chi connectivity index (χ3n) is 3.09. The molecule has 0 aliphatic carbocycles. The van der Waals surface area contributed by atoms with Crippen molar-refractivity contribution in [2.45, 2.75) is 11.0 Å². The van der Waals surface area contributed by atoms with Crippen molar-refractivity contribution in [3.63, 3.8) is 0 Å². The van der Waals surface area contributed by atoms with E-state index in [1.165, 1.54) is 11.8 Å². The summed E-state index contributed by atoms with van der Waals surface area (Å²) in [6.45, 7) is 0. The minimum Gasteiger partial charge on any atom is -0.411 e. The highest BCUT2D eigenvalue weighted by Gasteiger charge is 2.10. The normalized spacial score (nSPS) is 11.1. The van der Waals surface area contributed by atoms with E-state index in [-0.39, 0.29) is 0 Å². The van der Waals surface area contributed by atoms with Crippen LogP contribution in [0.5, 0.6) is 0 Å². The molecular weight excluding hydrogens is 298 g/mol. The molecule has 0 atom stereocenters. The maximum absolute atomic E-state index is 5.64. The standard InChI is InChI=1S/C15H11N5OS/c1-2-8-20-9-12(17-13(20)3-1)10-22-15-19-18-14(21-15)11-4-6-16-7-5-11/h1-9H,10H2. The van der Waals surface area contributed by atoms with Crippen molar-refractivity contribution in [1.29, 1.82) is 0 Å². The SMILES string of the molecule is c1ccn2cc(CSc3nnc(-c4ccncc4)o3)nc2c1. The summed E-state index contributed by atoms with van der Waals surface area (Å²) in [4.78, 5) is 8.51. The highest BCUT2D eigenvalue weighted by molar-refractivity contribution is 7.98. The van der Waals surface area contributed by atoms with Gasteiger partial charge < -0.3 is 8.82 Å². The molecular formula is C15H11N5OS. The molecule has 0 saturated heterocycles. The van der Waals surface area contributed by atoms with E-state index in [2.05, 4.69) is 20.2 Å². The Balaban J connectivity index is 1.49. The molecule has 0 saturated carbocycles. The maximum atomic E-state index is 5.64. The summed E-state index contributed by atoms with van der Waals surface area (Å²) in [7, 11) is 0. The van der Waals surface area contributed by atoms with Crippen LogP contribution in [-0.4, -0.2) is 24.6 Å². The largest absolute Gasteiger partial charge is 0.411 e. The van der Waals surface area contributed by atoms with Gasteiger partial charge >= 0.3 is 0 Å². The number of hydrogen-bond acceptors (Lipinski definition) is 6. The van der Waals surface area contributed by atoms with Crippen LogP contribution < -0.4 is 0 Å². The number of rotatable bonds is 4. The fraction of sp³-hybridized carbons (Fsp3) is 0.0667. The number of thioether (sulfide) groups is 1. The lowest BCUT2D eigenvalue weighted by atomic mass is 10.3.